The van der Waals surface area contributed by atoms with Crippen molar-refractivity contribution in [3.05, 3.63) is 83.4 Å². The highest BCUT2D eigenvalue weighted by atomic mass is 19.1. The molecule has 0 fully saturated rings. The summed E-state index contributed by atoms with van der Waals surface area (Å²) in [5.41, 5.74) is 0.833. The van der Waals surface area contributed by atoms with Gasteiger partial charge in [-0.2, -0.15) is 0 Å². The van der Waals surface area contributed by atoms with Gasteiger partial charge in [-0.1, -0.05) is 32.1 Å². The highest BCUT2D eigenvalue weighted by molar-refractivity contribution is 5.97. The summed E-state index contributed by atoms with van der Waals surface area (Å²) < 4.78 is 24.1. The summed E-state index contributed by atoms with van der Waals surface area (Å²) in [4.78, 5) is 24.5. The Bertz CT molecular complexity index is 1080. The number of hydrogen-bond acceptors (Lipinski definition) is 4. The third kappa shape index (κ3) is 6.47. The van der Waals surface area contributed by atoms with Gasteiger partial charge in [0.2, 0.25) is 0 Å². The Kier molecular flexibility index (Phi) is 8.10. The maximum atomic E-state index is 13.0. The van der Waals surface area contributed by atoms with E-state index in [1.54, 1.807) is 24.3 Å². The number of methoxy groups -OCH3 is 1. The zero-order chi connectivity index (χ0) is 24.7. The zero-order valence-corrected chi connectivity index (χ0v) is 19.6. The lowest BCUT2D eigenvalue weighted by Gasteiger charge is -2.32. The Balaban J connectivity index is 1.64. The van der Waals surface area contributed by atoms with E-state index in [0.717, 1.165) is 5.56 Å². The number of ether oxygens (including phenoxy) is 2. The predicted molar refractivity (Wildman–Crippen MR) is 127 cm³/mol. The number of hydrogen-bond donors (Lipinski definition) is 2. The number of allylic oxidation sites excluding steroid dienone is 2. The normalized spacial score (nSPS) is 18.4. The van der Waals surface area contributed by atoms with Crippen LogP contribution in [0.2, 0.25) is 0 Å². The molecule has 0 radical (unpaired) electrons. The van der Waals surface area contributed by atoms with Crippen molar-refractivity contribution >= 4 is 11.9 Å². The summed E-state index contributed by atoms with van der Waals surface area (Å²) in [7, 11) is 1.52. The van der Waals surface area contributed by atoms with Gasteiger partial charge < -0.3 is 19.9 Å². The van der Waals surface area contributed by atoms with Gasteiger partial charge in [0.05, 0.1) is 18.6 Å². The van der Waals surface area contributed by atoms with Gasteiger partial charge >= 0.3 is 5.97 Å². The van der Waals surface area contributed by atoms with Crippen molar-refractivity contribution in [2.45, 2.75) is 39.7 Å². The van der Waals surface area contributed by atoms with Gasteiger partial charge in [-0.25, -0.2) is 4.39 Å². The molecular weight excluding hydrogens is 437 g/mol. The number of benzene rings is 2. The van der Waals surface area contributed by atoms with Crippen LogP contribution in [0.3, 0.4) is 0 Å². The Hall–Kier alpha value is -3.61. The molecular formula is C27H30FNO5. The summed E-state index contributed by atoms with van der Waals surface area (Å²) >= 11 is 0. The molecule has 2 atom stereocenters. The van der Waals surface area contributed by atoms with Crippen molar-refractivity contribution in [2.24, 2.45) is 11.3 Å². The van der Waals surface area contributed by atoms with Crippen LogP contribution in [0.1, 0.15) is 38.7 Å². The van der Waals surface area contributed by atoms with Crippen LogP contribution in [0.25, 0.3) is 0 Å². The Labute approximate surface area is 199 Å². The predicted octanol–water partition coefficient (Wildman–Crippen LogP) is 5.60. The SMILES string of the molecule is CC[C@@H](CC1(C)C=C(C(=O)NCc2ccc(Oc3ccc(F)cc3)cc2)C(OC)=CC1)C(=O)O. The van der Waals surface area contributed by atoms with Crippen LogP contribution in [0.15, 0.2) is 72.0 Å². The van der Waals surface area contributed by atoms with Gasteiger partial charge in [-0.3, -0.25) is 9.59 Å². The first kappa shape index (κ1) is 25.0. The third-order valence-corrected chi connectivity index (χ3v) is 5.96. The first-order valence-corrected chi connectivity index (χ1v) is 11.2. The average molecular weight is 468 g/mol. The lowest BCUT2D eigenvalue weighted by Crippen LogP contribution is -2.31. The largest absolute Gasteiger partial charge is 0.496 e. The van der Waals surface area contributed by atoms with Gasteiger partial charge in [0.25, 0.3) is 5.91 Å². The van der Waals surface area contributed by atoms with Crippen molar-refractivity contribution in [3.63, 3.8) is 0 Å². The molecule has 0 aromatic heterocycles. The number of halogens is 1. The van der Waals surface area contributed by atoms with Crippen molar-refractivity contribution in [3.8, 4) is 11.5 Å². The van der Waals surface area contributed by atoms with Crippen molar-refractivity contribution in [1.29, 1.82) is 0 Å². The minimum absolute atomic E-state index is 0.283. The molecule has 0 spiro atoms. The van der Waals surface area contributed by atoms with E-state index in [-0.39, 0.29) is 11.7 Å². The van der Waals surface area contributed by atoms with Gasteiger partial charge in [0.1, 0.15) is 23.1 Å². The molecule has 6 nitrogen and oxygen atoms in total. The summed E-state index contributed by atoms with van der Waals surface area (Å²) in [5.74, 6) is -0.293. The van der Waals surface area contributed by atoms with Crippen LogP contribution < -0.4 is 10.1 Å². The van der Waals surface area contributed by atoms with Crippen LogP contribution in [-0.2, 0) is 20.9 Å². The van der Waals surface area contributed by atoms with Crippen LogP contribution >= 0.6 is 0 Å². The highest BCUT2D eigenvalue weighted by Crippen LogP contribution is 2.39. The summed E-state index contributed by atoms with van der Waals surface area (Å²) in [5, 5.41) is 12.4. The summed E-state index contributed by atoms with van der Waals surface area (Å²) in [6.07, 6.45) is 5.27. The molecule has 2 aromatic rings. The number of rotatable bonds is 10. The van der Waals surface area contributed by atoms with Crippen molar-refractivity contribution < 1.29 is 28.6 Å². The van der Waals surface area contributed by atoms with Gasteiger partial charge in [-0.15, -0.1) is 0 Å². The molecule has 2 aromatic carbocycles. The maximum Gasteiger partial charge on any atom is 0.306 e. The van der Waals surface area contributed by atoms with E-state index in [9.17, 15) is 19.1 Å². The number of nitrogens with one attached hydrogen (secondary N) is 1. The fourth-order valence-corrected chi connectivity index (χ4v) is 3.99. The molecule has 1 aliphatic carbocycles. The molecule has 1 amide bonds. The highest BCUT2D eigenvalue weighted by Gasteiger charge is 2.33. The maximum absolute atomic E-state index is 13.0. The van der Waals surface area contributed by atoms with Crippen LogP contribution in [0.5, 0.6) is 11.5 Å². The minimum atomic E-state index is -0.823. The average Bonchev–Trinajstić information content (AvgIpc) is 2.83. The molecule has 1 unspecified atom stereocenters. The fraction of sp³-hybridized carbons (Fsp3) is 0.333. The van der Waals surface area contributed by atoms with Gasteiger partial charge in [0.15, 0.2) is 0 Å². The Morgan fingerprint density at radius 1 is 1.12 bits per heavy atom. The topological polar surface area (TPSA) is 84.9 Å². The molecule has 0 saturated heterocycles. The molecule has 3 rings (SSSR count). The van der Waals surface area contributed by atoms with Crippen molar-refractivity contribution in [1.82, 2.24) is 5.32 Å². The monoisotopic (exact) mass is 467 g/mol. The number of carboxylic acid groups (broad SMARTS) is 1. The molecule has 0 saturated carbocycles. The number of aliphatic carboxylic acids is 1. The van der Waals surface area contributed by atoms with E-state index >= 15 is 0 Å². The van der Waals surface area contributed by atoms with Crippen molar-refractivity contribution in [2.75, 3.05) is 7.11 Å². The fourth-order valence-electron chi connectivity index (χ4n) is 3.99. The van der Waals surface area contributed by atoms with Crippen LogP contribution in [0.4, 0.5) is 4.39 Å². The first-order valence-electron chi connectivity index (χ1n) is 11.2. The lowest BCUT2D eigenvalue weighted by molar-refractivity contribution is -0.142. The van der Waals surface area contributed by atoms with E-state index in [0.29, 0.717) is 48.6 Å². The molecule has 1 aliphatic rings. The second-order valence-corrected chi connectivity index (χ2v) is 8.72. The minimum Gasteiger partial charge on any atom is -0.496 e. The zero-order valence-electron chi connectivity index (χ0n) is 19.6. The Morgan fingerprint density at radius 2 is 1.74 bits per heavy atom. The smallest absolute Gasteiger partial charge is 0.306 e. The number of carboxylic acids is 1. The van der Waals surface area contributed by atoms with Gasteiger partial charge in [-0.05, 0) is 72.7 Å². The second kappa shape index (κ2) is 11.0. The van der Waals surface area contributed by atoms with Crippen LogP contribution in [-0.4, -0.2) is 24.1 Å². The number of carbonyl (C=O) groups excluding carboxylic acids is 1. The van der Waals surface area contributed by atoms with E-state index in [1.807, 2.05) is 38.1 Å². The quantitative estimate of drug-likeness (QED) is 0.475. The van der Waals surface area contributed by atoms with Crippen LogP contribution in [0, 0.1) is 17.2 Å². The Morgan fingerprint density at radius 3 is 2.29 bits per heavy atom. The van der Waals surface area contributed by atoms with E-state index in [4.69, 9.17) is 9.47 Å². The molecule has 2 N–H and O–H groups in total. The molecule has 180 valence electrons. The number of amides is 1. The third-order valence-electron chi connectivity index (χ3n) is 5.96. The number of carbonyl (C=O) groups is 2. The molecule has 34 heavy (non-hydrogen) atoms. The van der Waals surface area contributed by atoms with E-state index in [2.05, 4.69) is 5.32 Å². The molecule has 0 heterocycles. The standard InChI is InChI=1S/C27H30FNO5/c1-4-19(26(31)32)15-27(2)14-13-24(33-3)23(16-27)25(30)29-17-18-5-9-21(10-6-18)34-22-11-7-20(28)8-12-22/h5-13,16,19H,4,14-15,17H2,1-3H3,(H,29,30)(H,31,32)/t19-,27?/m0/s1. The molecule has 0 aliphatic heterocycles. The first-order chi connectivity index (χ1) is 16.2. The molecule has 7 heteroatoms. The van der Waals surface area contributed by atoms with E-state index < -0.39 is 17.3 Å². The van der Waals surface area contributed by atoms with E-state index in [1.165, 1.54) is 19.2 Å². The second-order valence-electron chi connectivity index (χ2n) is 8.72. The van der Waals surface area contributed by atoms with Gasteiger partial charge in [0, 0.05) is 6.54 Å². The lowest BCUT2D eigenvalue weighted by atomic mass is 9.73. The summed E-state index contributed by atoms with van der Waals surface area (Å²) in [6.45, 7) is 4.12. The molecule has 0 bridgehead atoms. The summed E-state index contributed by atoms with van der Waals surface area (Å²) in [6, 6.07) is 13.0.